The first-order valence-corrected chi connectivity index (χ1v) is 9.39. The summed E-state index contributed by atoms with van der Waals surface area (Å²) in [5.41, 5.74) is -0.824. The largest absolute Gasteiger partial charge is 0.466 e. The average Bonchev–Trinajstić information content (AvgIpc) is 2.55. The lowest BCUT2D eigenvalue weighted by Gasteiger charge is -2.40. The molecule has 0 aromatic rings. The van der Waals surface area contributed by atoms with Crippen LogP contribution in [0, 0.1) is 16.7 Å². The van der Waals surface area contributed by atoms with Crippen molar-refractivity contribution in [1.29, 1.82) is 0 Å². The number of rotatable bonds is 13. The highest BCUT2D eigenvalue weighted by Gasteiger charge is 2.38. The van der Waals surface area contributed by atoms with Gasteiger partial charge in [0.1, 0.15) is 0 Å². The van der Waals surface area contributed by atoms with Crippen LogP contribution in [0.4, 0.5) is 0 Å². The molecule has 0 aliphatic rings. The SMILES string of the molecule is CCOC[C@@](C)(COC(C)=O)C[C@@](C)(COC(C)=O)C[C@@H](C)COC(C)=O. The Balaban J connectivity index is 5.29. The van der Waals surface area contributed by atoms with Crippen LogP contribution in [-0.2, 0) is 33.3 Å². The van der Waals surface area contributed by atoms with Crippen molar-refractivity contribution in [2.24, 2.45) is 16.7 Å². The van der Waals surface area contributed by atoms with Crippen LogP contribution in [0.1, 0.15) is 61.3 Å². The predicted octanol–water partition coefficient (Wildman–Crippen LogP) is 3.14. The number of ether oxygens (including phenoxy) is 4. The fourth-order valence-electron chi connectivity index (χ4n) is 3.42. The molecule has 0 saturated heterocycles. The standard InChI is InChI=1S/C20H36O7/c1-8-24-12-20(7,14-27-18(5)23)11-19(6,13-26-17(4)22)9-15(2)10-25-16(3)21/h15H,8-14H2,1-7H3/t15-,19+,20+/m1/s1. The van der Waals surface area contributed by atoms with Crippen molar-refractivity contribution in [3.8, 4) is 0 Å². The highest BCUT2D eigenvalue weighted by molar-refractivity contribution is 5.66. The maximum absolute atomic E-state index is 11.4. The van der Waals surface area contributed by atoms with Crippen LogP contribution in [0.15, 0.2) is 0 Å². The summed E-state index contributed by atoms with van der Waals surface area (Å²) in [7, 11) is 0. The third-order valence-electron chi connectivity index (χ3n) is 4.17. The second-order valence-corrected chi connectivity index (χ2v) is 8.11. The van der Waals surface area contributed by atoms with Gasteiger partial charge in [0, 0.05) is 38.2 Å². The van der Waals surface area contributed by atoms with Crippen LogP contribution >= 0.6 is 0 Å². The fourth-order valence-corrected chi connectivity index (χ4v) is 3.42. The number of carbonyl (C=O) groups is 3. The van der Waals surface area contributed by atoms with Crippen LogP contribution in [0.5, 0.6) is 0 Å². The van der Waals surface area contributed by atoms with Gasteiger partial charge >= 0.3 is 17.9 Å². The molecule has 27 heavy (non-hydrogen) atoms. The molecule has 0 saturated carbocycles. The number of carbonyl (C=O) groups excluding carboxylic acids is 3. The molecule has 0 aliphatic carbocycles. The highest BCUT2D eigenvalue weighted by atomic mass is 16.5. The van der Waals surface area contributed by atoms with Crippen LogP contribution in [0.3, 0.4) is 0 Å². The van der Waals surface area contributed by atoms with E-state index in [1.807, 2.05) is 27.7 Å². The summed E-state index contributed by atoms with van der Waals surface area (Å²) in [6, 6.07) is 0. The lowest BCUT2D eigenvalue weighted by molar-refractivity contribution is -0.149. The van der Waals surface area contributed by atoms with Gasteiger partial charge in [0.15, 0.2) is 0 Å². The van der Waals surface area contributed by atoms with Crippen molar-refractivity contribution >= 4 is 17.9 Å². The Hall–Kier alpha value is -1.63. The summed E-state index contributed by atoms with van der Waals surface area (Å²) in [5.74, 6) is -0.929. The first-order valence-electron chi connectivity index (χ1n) is 9.39. The van der Waals surface area contributed by atoms with Gasteiger partial charge in [0.05, 0.1) is 26.4 Å². The Morgan fingerprint density at radius 2 is 1.30 bits per heavy atom. The highest BCUT2D eigenvalue weighted by Crippen LogP contribution is 2.40. The smallest absolute Gasteiger partial charge is 0.302 e. The fraction of sp³-hybridized carbons (Fsp3) is 0.850. The van der Waals surface area contributed by atoms with Gasteiger partial charge in [-0.25, -0.2) is 0 Å². The zero-order chi connectivity index (χ0) is 21.1. The lowest BCUT2D eigenvalue weighted by Crippen LogP contribution is -2.39. The topological polar surface area (TPSA) is 88.1 Å². The van der Waals surface area contributed by atoms with E-state index in [0.29, 0.717) is 32.7 Å². The van der Waals surface area contributed by atoms with Crippen LogP contribution in [-0.4, -0.2) is 50.9 Å². The quantitative estimate of drug-likeness (QED) is 0.354. The van der Waals surface area contributed by atoms with Crippen LogP contribution in [0.2, 0.25) is 0 Å². The van der Waals surface area contributed by atoms with Crippen molar-refractivity contribution in [2.45, 2.75) is 61.3 Å². The van der Waals surface area contributed by atoms with Gasteiger partial charge in [0.25, 0.3) is 0 Å². The molecule has 7 heteroatoms. The molecule has 0 unspecified atom stereocenters. The zero-order valence-corrected chi connectivity index (χ0v) is 17.9. The maximum Gasteiger partial charge on any atom is 0.302 e. The van der Waals surface area contributed by atoms with E-state index < -0.39 is 10.8 Å². The van der Waals surface area contributed by atoms with Crippen molar-refractivity contribution < 1.29 is 33.3 Å². The summed E-state index contributed by atoms with van der Waals surface area (Å²) in [6.07, 6.45) is 1.29. The molecule has 0 heterocycles. The van der Waals surface area contributed by atoms with Gasteiger partial charge in [-0.2, -0.15) is 0 Å². The van der Waals surface area contributed by atoms with Gasteiger partial charge in [-0.05, 0) is 25.7 Å². The third-order valence-corrected chi connectivity index (χ3v) is 4.17. The minimum Gasteiger partial charge on any atom is -0.466 e. The van der Waals surface area contributed by atoms with E-state index in [1.165, 1.54) is 20.8 Å². The van der Waals surface area contributed by atoms with E-state index in [-0.39, 0.29) is 37.0 Å². The Morgan fingerprint density at radius 1 is 0.815 bits per heavy atom. The number of esters is 3. The van der Waals surface area contributed by atoms with Gasteiger partial charge in [-0.15, -0.1) is 0 Å². The molecule has 0 fully saturated rings. The second kappa shape index (κ2) is 12.0. The zero-order valence-electron chi connectivity index (χ0n) is 17.9. The Kier molecular flexibility index (Phi) is 11.2. The summed E-state index contributed by atoms with van der Waals surface area (Å²) in [6.45, 7) is 13.8. The van der Waals surface area contributed by atoms with E-state index in [4.69, 9.17) is 18.9 Å². The van der Waals surface area contributed by atoms with E-state index in [9.17, 15) is 14.4 Å². The third kappa shape index (κ3) is 12.4. The van der Waals surface area contributed by atoms with Crippen molar-refractivity contribution in [2.75, 3.05) is 33.0 Å². The predicted molar refractivity (Wildman–Crippen MR) is 101 cm³/mol. The van der Waals surface area contributed by atoms with Gasteiger partial charge in [-0.1, -0.05) is 20.8 Å². The summed E-state index contributed by atoms with van der Waals surface area (Å²) in [5, 5.41) is 0. The molecule has 0 bridgehead atoms. The monoisotopic (exact) mass is 388 g/mol. The Bertz CT molecular complexity index is 491. The molecule has 158 valence electrons. The molecule has 0 amide bonds. The van der Waals surface area contributed by atoms with E-state index in [1.54, 1.807) is 0 Å². The molecule has 0 aromatic heterocycles. The summed E-state index contributed by atoms with van der Waals surface area (Å²) < 4.78 is 21.3. The molecule has 0 aliphatic heterocycles. The van der Waals surface area contributed by atoms with Gasteiger partial charge < -0.3 is 18.9 Å². The summed E-state index contributed by atoms with van der Waals surface area (Å²) in [4.78, 5) is 33.7. The Morgan fingerprint density at radius 3 is 1.74 bits per heavy atom. The van der Waals surface area contributed by atoms with E-state index in [2.05, 4.69) is 0 Å². The second-order valence-electron chi connectivity index (χ2n) is 8.11. The normalized spacial score (nSPS) is 16.6. The number of hydrogen-bond acceptors (Lipinski definition) is 7. The first-order chi connectivity index (χ1) is 12.4. The van der Waals surface area contributed by atoms with Crippen molar-refractivity contribution in [3.63, 3.8) is 0 Å². The molecule has 0 spiro atoms. The minimum atomic E-state index is -0.433. The molecule has 0 radical (unpaired) electrons. The minimum absolute atomic E-state index is 0.0829. The summed E-state index contributed by atoms with van der Waals surface area (Å²) >= 11 is 0. The molecule has 3 atom stereocenters. The van der Waals surface area contributed by atoms with Crippen molar-refractivity contribution in [3.05, 3.63) is 0 Å². The van der Waals surface area contributed by atoms with Crippen molar-refractivity contribution in [1.82, 2.24) is 0 Å². The van der Waals surface area contributed by atoms with Crippen LogP contribution in [0.25, 0.3) is 0 Å². The molecular formula is C20H36O7. The van der Waals surface area contributed by atoms with E-state index >= 15 is 0 Å². The molecule has 0 aromatic carbocycles. The first kappa shape index (κ1) is 25.4. The molecular weight excluding hydrogens is 352 g/mol. The molecule has 7 nitrogen and oxygen atoms in total. The van der Waals surface area contributed by atoms with Crippen LogP contribution < -0.4 is 0 Å². The van der Waals surface area contributed by atoms with Gasteiger partial charge in [-0.3, -0.25) is 14.4 Å². The maximum atomic E-state index is 11.4. The average molecular weight is 389 g/mol. The van der Waals surface area contributed by atoms with Gasteiger partial charge in [0.2, 0.25) is 0 Å². The van der Waals surface area contributed by atoms with E-state index in [0.717, 1.165) is 0 Å². The molecule has 0 rings (SSSR count). The number of hydrogen-bond donors (Lipinski definition) is 0. The molecule has 0 N–H and O–H groups in total. The lowest BCUT2D eigenvalue weighted by atomic mass is 9.70. The Labute approximate surface area is 163 Å².